The molecular weight excluding hydrogens is 737 g/mol. The van der Waals surface area contributed by atoms with Crippen LogP contribution in [0.2, 0.25) is 0 Å². The van der Waals surface area contributed by atoms with Crippen LogP contribution >= 0.6 is 0 Å². The van der Waals surface area contributed by atoms with Crippen LogP contribution in [-0.4, -0.2) is 4.57 Å². The average molecular weight is 783 g/mol. The van der Waals surface area contributed by atoms with Crippen LogP contribution in [0.3, 0.4) is 0 Å². The Labute approximate surface area is 358 Å². The molecule has 0 bridgehead atoms. The Hall–Kier alpha value is -7.68. The van der Waals surface area contributed by atoms with E-state index in [0.717, 1.165) is 35.6 Å². The molecule has 2 heteroatoms. The van der Waals surface area contributed by atoms with Gasteiger partial charge < -0.3 is 9.47 Å². The summed E-state index contributed by atoms with van der Waals surface area (Å²) in [6.45, 7) is 6.57. The Kier molecular flexibility index (Phi) is 10.2. The Bertz CT molecular complexity index is 3190. The smallest absolute Gasteiger partial charge is 0.0541 e. The molecule has 0 radical (unpaired) electrons. The summed E-state index contributed by atoms with van der Waals surface area (Å²) in [6.07, 6.45) is 26.1. The lowest BCUT2D eigenvalue weighted by Gasteiger charge is -2.27. The number of hydrogen-bond donors (Lipinski definition) is 0. The number of aromatic nitrogens is 1. The van der Waals surface area contributed by atoms with Gasteiger partial charge in [0.05, 0.1) is 11.0 Å². The fourth-order valence-corrected chi connectivity index (χ4v) is 9.03. The molecule has 2 aliphatic rings. The molecule has 61 heavy (non-hydrogen) atoms. The van der Waals surface area contributed by atoms with Crippen LogP contribution < -0.4 is 4.90 Å². The molecule has 0 unspecified atom stereocenters. The van der Waals surface area contributed by atoms with Crippen LogP contribution in [0.1, 0.15) is 35.6 Å². The van der Waals surface area contributed by atoms with Gasteiger partial charge in [-0.15, -0.1) is 0 Å². The SMILES string of the molecule is C=CC(=CC=C(C)c1cccc2ccccc12)N(C1=CCC=C(c2cccc3c2CC=CC=C3)C=C1)c1ccc(-c2ccc3c(c2)c2ccccc2n3-c2ccccc2)cc1. The van der Waals surface area contributed by atoms with Crippen LogP contribution in [-0.2, 0) is 6.42 Å². The second-order valence-electron chi connectivity index (χ2n) is 15.7. The van der Waals surface area contributed by atoms with Crippen molar-refractivity contribution in [1.82, 2.24) is 4.57 Å². The largest absolute Gasteiger partial charge is 0.311 e. The minimum Gasteiger partial charge on any atom is -0.311 e. The fraction of sp³-hybridized carbons (Fsp3) is 0.0508. The number of allylic oxidation sites excluding steroid dienone is 12. The van der Waals surface area contributed by atoms with E-state index in [9.17, 15) is 0 Å². The maximum Gasteiger partial charge on any atom is 0.0541 e. The van der Waals surface area contributed by atoms with E-state index in [2.05, 4.69) is 241 Å². The first-order chi connectivity index (χ1) is 30.1. The molecule has 0 atom stereocenters. The number of rotatable bonds is 9. The van der Waals surface area contributed by atoms with Crippen LogP contribution in [0.15, 0.2) is 236 Å². The number of hydrogen-bond acceptors (Lipinski definition) is 1. The molecule has 0 amide bonds. The van der Waals surface area contributed by atoms with Crippen molar-refractivity contribution in [3.8, 4) is 16.8 Å². The van der Waals surface area contributed by atoms with Crippen molar-refractivity contribution in [3.63, 3.8) is 0 Å². The Morgan fingerprint density at radius 3 is 2.25 bits per heavy atom. The van der Waals surface area contributed by atoms with E-state index >= 15 is 0 Å². The van der Waals surface area contributed by atoms with E-state index < -0.39 is 0 Å². The molecular formula is C59H46N2. The standard InChI is InChI=1S/C59H46N2/c1-3-48(36-31-42(2)52-28-15-20-44-18-10-11-26-53(44)52)60(50-24-14-19-46(34-39-50)55-29-16-21-45-17-6-4-9-25-54(45)55)51-37-32-43(33-38-51)47-35-40-59-57(41-47)56-27-12-13-30-58(56)61(59)49-22-7-5-8-23-49/h3-13,15-24,26-41H,1,14,25H2,2H3. The minimum absolute atomic E-state index is 0.799. The van der Waals surface area contributed by atoms with E-state index in [-0.39, 0.29) is 0 Å². The molecule has 0 N–H and O–H groups in total. The average Bonchev–Trinajstić information content (AvgIpc) is 3.49. The van der Waals surface area contributed by atoms with Gasteiger partial charge in [-0.05, 0) is 136 Å². The lowest BCUT2D eigenvalue weighted by molar-refractivity contribution is 1.13. The Balaban J connectivity index is 1.04. The Morgan fingerprint density at radius 1 is 0.623 bits per heavy atom. The molecule has 0 saturated carbocycles. The van der Waals surface area contributed by atoms with E-state index in [4.69, 9.17) is 0 Å². The van der Waals surface area contributed by atoms with E-state index in [1.807, 2.05) is 6.08 Å². The molecule has 2 nitrogen and oxygen atoms in total. The summed E-state index contributed by atoms with van der Waals surface area (Å²) in [5, 5.41) is 4.98. The number of benzene rings is 7. The van der Waals surface area contributed by atoms with Crippen molar-refractivity contribution in [2.75, 3.05) is 4.90 Å². The molecule has 2 aliphatic carbocycles. The van der Waals surface area contributed by atoms with Gasteiger partial charge in [0.2, 0.25) is 0 Å². The van der Waals surface area contributed by atoms with Gasteiger partial charge >= 0.3 is 0 Å². The van der Waals surface area contributed by atoms with Gasteiger partial charge in [-0.1, -0.05) is 170 Å². The number of nitrogens with zero attached hydrogens (tertiary/aromatic N) is 2. The molecule has 1 aromatic heterocycles. The summed E-state index contributed by atoms with van der Waals surface area (Å²) in [5.74, 6) is 0. The van der Waals surface area contributed by atoms with Crippen molar-refractivity contribution >= 4 is 55.5 Å². The molecule has 0 aliphatic heterocycles. The normalized spacial score (nSPS) is 14.1. The van der Waals surface area contributed by atoms with E-state index in [0.29, 0.717) is 0 Å². The second kappa shape index (κ2) is 16.5. The van der Waals surface area contributed by atoms with Crippen LogP contribution in [0.25, 0.3) is 66.6 Å². The third kappa shape index (κ3) is 7.23. The van der Waals surface area contributed by atoms with Gasteiger partial charge in [0.25, 0.3) is 0 Å². The summed E-state index contributed by atoms with van der Waals surface area (Å²) in [7, 11) is 0. The highest BCUT2D eigenvalue weighted by Crippen LogP contribution is 2.37. The lowest BCUT2D eigenvalue weighted by Crippen LogP contribution is -2.19. The highest BCUT2D eigenvalue weighted by molar-refractivity contribution is 6.10. The molecule has 10 rings (SSSR count). The molecule has 0 spiro atoms. The topological polar surface area (TPSA) is 8.17 Å². The van der Waals surface area contributed by atoms with Crippen LogP contribution in [0.5, 0.6) is 0 Å². The van der Waals surface area contributed by atoms with Gasteiger partial charge in [0.15, 0.2) is 0 Å². The van der Waals surface area contributed by atoms with Gasteiger partial charge in [-0.25, -0.2) is 0 Å². The van der Waals surface area contributed by atoms with Gasteiger partial charge in [-0.2, -0.15) is 0 Å². The first kappa shape index (κ1) is 37.6. The van der Waals surface area contributed by atoms with Crippen molar-refractivity contribution in [3.05, 3.63) is 259 Å². The van der Waals surface area contributed by atoms with Gasteiger partial charge in [-0.3, -0.25) is 0 Å². The third-order valence-electron chi connectivity index (χ3n) is 12.1. The summed E-state index contributed by atoms with van der Waals surface area (Å²) in [5.41, 5.74) is 16.7. The van der Waals surface area contributed by atoms with Gasteiger partial charge in [0.1, 0.15) is 0 Å². The van der Waals surface area contributed by atoms with Crippen molar-refractivity contribution in [2.24, 2.45) is 0 Å². The molecule has 1 heterocycles. The van der Waals surface area contributed by atoms with Crippen molar-refractivity contribution in [2.45, 2.75) is 19.8 Å². The quantitative estimate of drug-likeness (QED) is 0.132. The predicted molar refractivity (Wildman–Crippen MR) is 263 cm³/mol. The number of para-hydroxylation sites is 2. The zero-order valence-electron chi connectivity index (χ0n) is 34.4. The lowest BCUT2D eigenvalue weighted by atomic mass is 9.93. The number of anilines is 1. The molecule has 8 aromatic rings. The first-order valence-corrected chi connectivity index (χ1v) is 21.2. The third-order valence-corrected chi connectivity index (χ3v) is 12.1. The van der Waals surface area contributed by atoms with Crippen molar-refractivity contribution in [1.29, 1.82) is 0 Å². The number of fused-ring (bicyclic) bond motifs is 5. The van der Waals surface area contributed by atoms with Gasteiger partial charge in [0, 0.05) is 33.5 Å². The molecule has 292 valence electrons. The summed E-state index contributed by atoms with van der Waals surface area (Å²) in [6, 6.07) is 57.0. The van der Waals surface area contributed by atoms with E-state index in [1.165, 1.54) is 77.1 Å². The fourth-order valence-electron chi connectivity index (χ4n) is 9.03. The molecule has 7 aromatic carbocycles. The van der Waals surface area contributed by atoms with Crippen LogP contribution in [0, 0.1) is 0 Å². The van der Waals surface area contributed by atoms with Crippen molar-refractivity contribution < 1.29 is 0 Å². The second-order valence-corrected chi connectivity index (χ2v) is 15.7. The van der Waals surface area contributed by atoms with Crippen LogP contribution in [0.4, 0.5) is 5.69 Å². The summed E-state index contributed by atoms with van der Waals surface area (Å²) in [4.78, 5) is 2.34. The monoisotopic (exact) mass is 782 g/mol. The first-order valence-electron chi connectivity index (χ1n) is 21.2. The maximum absolute atomic E-state index is 4.37. The maximum atomic E-state index is 4.37. The minimum atomic E-state index is 0.799. The zero-order valence-corrected chi connectivity index (χ0v) is 34.4. The Morgan fingerprint density at radius 2 is 1.38 bits per heavy atom. The van der Waals surface area contributed by atoms with E-state index in [1.54, 1.807) is 0 Å². The highest BCUT2D eigenvalue weighted by atomic mass is 15.1. The predicted octanol–water partition coefficient (Wildman–Crippen LogP) is 15.6. The molecule has 0 fully saturated rings. The highest BCUT2D eigenvalue weighted by Gasteiger charge is 2.18. The zero-order chi connectivity index (χ0) is 41.1. The molecule has 0 saturated heterocycles. The summed E-state index contributed by atoms with van der Waals surface area (Å²) >= 11 is 0. The summed E-state index contributed by atoms with van der Waals surface area (Å²) < 4.78 is 2.37.